The Morgan fingerprint density at radius 3 is 2.00 bits per heavy atom. The third-order valence-corrected chi connectivity index (χ3v) is 0.918. The molecular weight excluding hydrogens is 161 g/mol. The van der Waals surface area contributed by atoms with E-state index in [9.17, 15) is 0 Å². The summed E-state index contributed by atoms with van der Waals surface area (Å²) in [6, 6.07) is 9.37. The minimum Gasteiger partial charge on any atom is -0.366 e. The van der Waals surface area contributed by atoms with Crippen LogP contribution in [0.4, 0.5) is 0 Å². The maximum atomic E-state index is 6.69. The maximum absolute atomic E-state index is 6.69. The van der Waals surface area contributed by atoms with E-state index in [4.69, 9.17) is 6.42 Å². The summed E-state index contributed by atoms with van der Waals surface area (Å²) in [7, 11) is 0. The van der Waals surface area contributed by atoms with E-state index in [0.717, 1.165) is 5.56 Å². The van der Waals surface area contributed by atoms with Crippen molar-refractivity contribution >= 4 is 0 Å². The molecule has 40 valence electrons. The first-order valence-electron chi connectivity index (χ1n) is 2.41. The largest absolute Gasteiger partial charge is 0.366 e. The van der Waals surface area contributed by atoms with Crippen molar-refractivity contribution in [1.82, 2.24) is 0 Å². The standard InChI is InChI=1S/C8H5.Zn/c1-2-8-6-4-3-5-7-8;/h3-7H;/q-1;. The predicted octanol–water partition coefficient (Wildman–Crippen LogP) is 1.62. The van der Waals surface area contributed by atoms with E-state index in [1.165, 1.54) is 0 Å². The zero-order valence-electron chi connectivity index (χ0n) is 5.09. The first-order valence-corrected chi connectivity index (χ1v) is 2.41. The van der Waals surface area contributed by atoms with Crippen LogP contribution in [0.25, 0.3) is 0 Å². The van der Waals surface area contributed by atoms with Crippen molar-refractivity contribution in [2.45, 2.75) is 0 Å². The Labute approximate surface area is 68.0 Å². The van der Waals surface area contributed by atoms with Crippen LogP contribution in [0.3, 0.4) is 0 Å². The van der Waals surface area contributed by atoms with Crippen LogP contribution in [0.1, 0.15) is 5.56 Å². The van der Waals surface area contributed by atoms with E-state index in [-0.39, 0.29) is 19.5 Å². The van der Waals surface area contributed by atoms with Gasteiger partial charge in [0.05, 0.1) is 0 Å². The molecule has 0 amide bonds. The number of hydrogen-bond acceptors (Lipinski definition) is 0. The van der Waals surface area contributed by atoms with Crippen molar-refractivity contribution in [3.63, 3.8) is 0 Å². The van der Waals surface area contributed by atoms with Crippen LogP contribution in [-0.2, 0) is 19.5 Å². The topological polar surface area (TPSA) is 0 Å². The molecule has 0 heterocycles. The Morgan fingerprint density at radius 1 is 1.11 bits per heavy atom. The summed E-state index contributed by atoms with van der Waals surface area (Å²) in [5.41, 5.74) is 0.826. The van der Waals surface area contributed by atoms with Crippen LogP contribution >= 0.6 is 0 Å². The fraction of sp³-hybridized carbons (Fsp3) is 0. The van der Waals surface area contributed by atoms with Crippen molar-refractivity contribution in [3.05, 3.63) is 42.3 Å². The molecule has 0 aliphatic heterocycles. The fourth-order valence-corrected chi connectivity index (χ4v) is 0.521. The minimum atomic E-state index is 0. The molecular formula is C8H5Zn-. The average Bonchev–Trinajstić information content (AvgIpc) is 1.90. The summed E-state index contributed by atoms with van der Waals surface area (Å²) in [6.07, 6.45) is 6.69. The maximum Gasteiger partial charge on any atom is 0 e. The molecule has 0 fully saturated rings. The molecule has 0 atom stereocenters. The molecule has 0 nitrogen and oxygen atoms in total. The van der Waals surface area contributed by atoms with Gasteiger partial charge < -0.3 is 6.42 Å². The zero-order chi connectivity index (χ0) is 5.82. The quantitative estimate of drug-likeness (QED) is 0.312. The average molecular weight is 167 g/mol. The minimum absolute atomic E-state index is 0. The molecule has 0 spiro atoms. The Bertz CT molecular complexity index is 196. The Balaban J connectivity index is 0.000000640. The van der Waals surface area contributed by atoms with E-state index in [1.54, 1.807) is 0 Å². The van der Waals surface area contributed by atoms with Gasteiger partial charge >= 0.3 is 0 Å². The van der Waals surface area contributed by atoms with Gasteiger partial charge in [0.15, 0.2) is 0 Å². The molecule has 0 saturated heterocycles. The van der Waals surface area contributed by atoms with Gasteiger partial charge in [-0.05, 0) is 0 Å². The molecule has 0 aromatic heterocycles. The molecule has 0 saturated carbocycles. The first-order chi connectivity index (χ1) is 3.93. The van der Waals surface area contributed by atoms with Crippen LogP contribution < -0.4 is 0 Å². The number of benzene rings is 1. The third-order valence-electron chi connectivity index (χ3n) is 0.918. The smallest absolute Gasteiger partial charge is 0 e. The summed E-state index contributed by atoms with van der Waals surface area (Å²) in [6.45, 7) is 0. The van der Waals surface area contributed by atoms with E-state index in [2.05, 4.69) is 5.92 Å². The van der Waals surface area contributed by atoms with E-state index < -0.39 is 0 Å². The second kappa shape index (κ2) is 4.30. The Morgan fingerprint density at radius 2 is 1.67 bits per heavy atom. The summed E-state index contributed by atoms with van der Waals surface area (Å²) < 4.78 is 0. The second-order valence-corrected chi connectivity index (χ2v) is 1.49. The van der Waals surface area contributed by atoms with Crippen LogP contribution in [0.2, 0.25) is 0 Å². The Kier molecular flexibility index (Phi) is 4.01. The normalized spacial score (nSPS) is 7.00. The van der Waals surface area contributed by atoms with Crippen LogP contribution in [-0.4, -0.2) is 0 Å². The summed E-state index contributed by atoms with van der Waals surface area (Å²) >= 11 is 0. The van der Waals surface area contributed by atoms with E-state index in [1.807, 2.05) is 30.3 Å². The first kappa shape index (κ1) is 8.40. The van der Waals surface area contributed by atoms with Crippen molar-refractivity contribution < 1.29 is 19.5 Å². The van der Waals surface area contributed by atoms with Gasteiger partial charge in [-0.3, -0.25) is 5.92 Å². The SMILES string of the molecule is [C-]#Cc1ccccc1.[Zn]. The van der Waals surface area contributed by atoms with Gasteiger partial charge in [0.1, 0.15) is 0 Å². The molecule has 0 aliphatic carbocycles. The van der Waals surface area contributed by atoms with Crippen LogP contribution in [0, 0.1) is 12.3 Å². The molecule has 1 rings (SSSR count). The zero-order valence-corrected chi connectivity index (χ0v) is 8.06. The predicted molar refractivity (Wildman–Crippen MR) is 32.7 cm³/mol. The van der Waals surface area contributed by atoms with Crippen molar-refractivity contribution in [2.75, 3.05) is 0 Å². The summed E-state index contributed by atoms with van der Waals surface area (Å²) in [4.78, 5) is 0. The monoisotopic (exact) mass is 165 g/mol. The van der Waals surface area contributed by atoms with Crippen molar-refractivity contribution in [3.8, 4) is 5.92 Å². The van der Waals surface area contributed by atoms with Gasteiger partial charge in [-0.25, -0.2) is 0 Å². The molecule has 1 aromatic rings. The fourth-order valence-electron chi connectivity index (χ4n) is 0.521. The molecule has 0 unspecified atom stereocenters. The van der Waals surface area contributed by atoms with Gasteiger partial charge in [0.2, 0.25) is 0 Å². The molecule has 1 aromatic carbocycles. The van der Waals surface area contributed by atoms with E-state index in [0.29, 0.717) is 0 Å². The summed E-state index contributed by atoms with van der Waals surface area (Å²) in [5.74, 6) is 2.28. The van der Waals surface area contributed by atoms with Crippen molar-refractivity contribution in [1.29, 1.82) is 0 Å². The van der Waals surface area contributed by atoms with Gasteiger partial charge in [0.25, 0.3) is 0 Å². The third kappa shape index (κ3) is 2.44. The van der Waals surface area contributed by atoms with E-state index >= 15 is 0 Å². The summed E-state index contributed by atoms with van der Waals surface area (Å²) in [5, 5.41) is 0. The van der Waals surface area contributed by atoms with Gasteiger partial charge in [-0.2, -0.15) is 0 Å². The molecule has 0 radical (unpaired) electrons. The number of rotatable bonds is 0. The van der Waals surface area contributed by atoms with Gasteiger partial charge in [-0.1, -0.05) is 18.2 Å². The number of hydrogen-bond donors (Lipinski definition) is 0. The van der Waals surface area contributed by atoms with Gasteiger partial charge in [0, 0.05) is 19.5 Å². The Hall–Kier alpha value is -0.597. The van der Waals surface area contributed by atoms with Gasteiger partial charge in [-0.15, -0.1) is 17.7 Å². The molecule has 0 N–H and O–H groups in total. The second-order valence-electron chi connectivity index (χ2n) is 1.49. The molecule has 0 aliphatic rings. The molecule has 9 heavy (non-hydrogen) atoms. The van der Waals surface area contributed by atoms with Crippen molar-refractivity contribution in [2.24, 2.45) is 0 Å². The molecule has 1 heteroatoms. The van der Waals surface area contributed by atoms with Crippen LogP contribution in [0.15, 0.2) is 30.3 Å². The molecule has 0 bridgehead atoms. The van der Waals surface area contributed by atoms with Crippen LogP contribution in [0.5, 0.6) is 0 Å².